The SMILES string of the molecule is C1CN[C@H](c2nn[nH]n2)C1.C=CC1CN2CCC1CC2[C@@H](N)c1ccnc2ccccc12.C[Si](C)(C)OC(c1ccccc1)(c1ccccc1)[C@H]1CCCN1.N[C@@H]1CCCC[C@H]1N.N[C@@H]1CCCC[C@H]1NC(=S)Nc1cc(C(F)(F)F)cc(C(F)(F)F)c1.N[C@H]1CCCC[C@@H]1NC(=S)Nc1cc(C(F)(F)F)cc(C(F)(F)F)c1.O=C(O)[C@H]1CCCN1. The molecule has 14 atom stereocenters. The lowest BCUT2D eigenvalue weighted by molar-refractivity contribution is -0.144. The number of benzene rings is 5. The average Bonchev–Trinajstić information content (AvgIpc) is 1.74. The molecule has 36 heteroatoms. The van der Waals surface area contributed by atoms with Crippen LogP contribution in [-0.2, 0) is 39.5 Å². The second-order valence-corrected chi connectivity index (χ2v) is 38.2. The molecule has 0 amide bonds. The number of thiocarbonyl (C=S) groups is 2. The molecule has 21 nitrogen and oxygen atoms in total. The Balaban J connectivity index is 0.000000166. The van der Waals surface area contributed by atoms with Crippen LogP contribution in [0.3, 0.4) is 0 Å². The van der Waals surface area contributed by atoms with E-state index in [1.807, 2.05) is 12.3 Å². The fourth-order valence-corrected chi connectivity index (χ4v) is 18.6. The summed E-state index contributed by atoms with van der Waals surface area (Å²) in [4.78, 5) is 17.2. The molecule has 9 fully saturated rings. The molecule has 6 saturated heterocycles. The van der Waals surface area contributed by atoms with Crippen LogP contribution < -0.4 is 65.9 Å². The third-order valence-electron chi connectivity index (χ3n) is 23.0. The Kier molecular flexibility index (Phi) is 35.8. The van der Waals surface area contributed by atoms with Crippen molar-refractivity contribution in [2.45, 2.75) is 245 Å². The maximum Gasteiger partial charge on any atom is 0.416 e. The van der Waals surface area contributed by atoms with Crippen molar-refractivity contribution in [1.82, 2.24) is 57.1 Å². The second-order valence-electron chi connectivity index (χ2n) is 32.9. The van der Waals surface area contributed by atoms with Gasteiger partial charge in [-0.1, -0.05) is 129 Å². The molecule has 664 valence electrons. The number of carboxylic acids is 1. The van der Waals surface area contributed by atoms with E-state index in [1.54, 1.807) is 0 Å². The number of aromatic amines is 1. The predicted molar refractivity (Wildman–Crippen MR) is 459 cm³/mol. The smallest absolute Gasteiger partial charge is 0.416 e. The summed E-state index contributed by atoms with van der Waals surface area (Å²) in [6, 6.07) is 35.2. The minimum atomic E-state index is -4.90. The Labute approximate surface area is 711 Å². The standard InChI is InChI=1S/C20H27NOSi.C19H23N3.2C15H17F6N3S.C6H14N2.C5H9N5.C5H9NO2/c1-23(2,3)22-20(19-15-10-16-21-19,17-11-6-4-7-12-17)18-13-8-5-9-14-18;1-2-13-12-22-10-8-14(13)11-18(22)19(20)16-7-9-21-17-6-4-3-5-15(16)17;2*16-14(17,18)8-5-9(15(19,20)21)7-10(6-8)23-13(25)24-12-4-2-1-3-11(12)22;7-5-3-1-2-4-6(5)8;1-2-4(6-3-1)5-7-9-10-8-5;7-5(8)4-2-1-3-6-4/h4-9,11-14,19,21H,10,15-16H2,1-3H3;2-7,9,13-14,18-19H,1,8,10-12,20H2;2*5-7,11-12H,1-4,22H2,(H2,23,24,25);5-6H,1-4,7-8H2;4,6H,1-3H2,(H,7,8,9,10);4,6H,1-3H2,(H,7,8)/t19-;13?,14?,18?,19-;2*11-,12-;5-,6-;2*4-/m1010101/s1. The Bertz CT molecular complexity index is 4140. The van der Waals surface area contributed by atoms with E-state index in [0.29, 0.717) is 48.3 Å². The fourth-order valence-electron chi connectivity index (χ4n) is 16.7. The van der Waals surface area contributed by atoms with Gasteiger partial charge in [-0.25, -0.2) is 0 Å². The molecule has 2 bridgehead atoms. The highest BCUT2D eigenvalue weighted by Gasteiger charge is 2.48. The van der Waals surface area contributed by atoms with E-state index < -0.39 is 66.8 Å². The molecule has 0 radical (unpaired) electrons. The van der Waals surface area contributed by atoms with Crippen molar-refractivity contribution in [2.24, 2.45) is 40.5 Å². The first-order valence-electron chi connectivity index (χ1n) is 41.5. The number of carboxylic acid groups (broad SMARTS) is 1. The number of hydrogen-bond donors (Lipinski definition) is 14. The van der Waals surface area contributed by atoms with Gasteiger partial charge in [-0.3, -0.25) is 14.7 Å². The first kappa shape index (κ1) is 97.0. The zero-order valence-corrected chi connectivity index (χ0v) is 71.0. The molecule has 0 spiro atoms. The van der Waals surface area contributed by atoms with E-state index in [4.69, 9.17) is 62.6 Å². The number of rotatable bonds is 14. The minimum absolute atomic E-state index is 0.0569. The third-order valence-corrected chi connectivity index (χ3v) is 24.3. The van der Waals surface area contributed by atoms with Crippen molar-refractivity contribution in [1.29, 1.82) is 0 Å². The molecule has 3 saturated carbocycles. The lowest BCUT2D eigenvalue weighted by atomic mass is 9.73. The summed E-state index contributed by atoms with van der Waals surface area (Å²) in [7, 11) is -1.77. The molecule has 5 aromatic carbocycles. The number of nitrogens with one attached hydrogen (secondary N) is 8. The first-order chi connectivity index (χ1) is 57.3. The zero-order chi connectivity index (χ0) is 87.9. The number of nitrogens with two attached hydrogens (primary N) is 5. The third kappa shape index (κ3) is 28.9. The van der Waals surface area contributed by atoms with Crippen molar-refractivity contribution in [3.05, 3.63) is 191 Å². The number of piperidine rings is 3. The van der Waals surface area contributed by atoms with E-state index in [1.165, 1.54) is 67.1 Å². The highest BCUT2D eigenvalue weighted by molar-refractivity contribution is 7.80. The van der Waals surface area contributed by atoms with Gasteiger partial charge in [0.25, 0.3) is 0 Å². The summed E-state index contributed by atoms with van der Waals surface area (Å²) in [5, 5.41) is 43.5. The molecular formula is C85H116F12N18O3S2Si. The van der Waals surface area contributed by atoms with E-state index in [0.717, 1.165) is 133 Å². The number of halogens is 12. The van der Waals surface area contributed by atoms with E-state index in [2.05, 4.69) is 185 Å². The van der Waals surface area contributed by atoms with Gasteiger partial charge in [-0.2, -0.15) is 57.9 Å². The predicted octanol–water partition coefficient (Wildman–Crippen LogP) is 15.9. The van der Waals surface area contributed by atoms with Crippen LogP contribution >= 0.6 is 24.4 Å². The number of carbonyl (C=O) groups is 1. The highest BCUT2D eigenvalue weighted by atomic mass is 32.1. The number of tetrazole rings is 1. The van der Waals surface area contributed by atoms with Crippen LogP contribution in [0.5, 0.6) is 0 Å². The van der Waals surface area contributed by atoms with E-state index in [-0.39, 0.29) is 82.1 Å². The first-order valence-corrected chi connectivity index (χ1v) is 45.7. The van der Waals surface area contributed by atoms with Gasteiger partial charge in [0, 0.05) is 83.9 Å². The number of fused-ring (bicyclic) bond motifs is 4. The summed E-state index contributed by atoms with van der Waals surface area (Å²) in [5.74, 6) is 1.47. The average molecular weight is 1760 g/mol. The molecule has 7 aromatic rings. The van der Waals surface area contributed by atoms with Gasteiger partial charge in [0.15, 0.2) is 24.4 Å². The van der Waals surface area contributed by atoms with Crippen molar-refractivity contribution >= 4 is 71.2 Å². The molecule has 2 aromatic heterocycles. The number of nitrogens with zero attached hydrogens (tertiary/aromatic N) is 5. The number of H-pyrrole nitrogens is 1. The van der Waals surface area contributed by atoms with Crippen LogP contribution in [0, 0.1) is 11.8 Å². The Hall–Kier alpha value is -7.85. The number of aromatic nitrogens is 5. The van der Waals surface area contributed by atoms with Gasteiger partial charge in [0.2, 0.25) is 0 Å². The van der Waals surface area contributed by atoms with Crippen molar-refractivity contribution in [3.63, 3.8) is 0 Å². The molecule has 3 aliphatic carbocycles. The Morgan fingerprint density at radius 1 is 0.579 bits per heavy atom. The van der Waals surface area contributed by atoms with Crippen LogP contribution in [-0.4, -0.2) is 147 Å². The molecule has 6 aliphatic heterocycles. The fraction of sp³-hybridized carbons (Fsp3) is 0.541. The molecule has 19 N–H and O–H groups in total. The lowest BCUT2D eigenvalue weighted by Crippen LogP contribution is -2.56. The summed E-state index contributed by atoms with van der Waals surface area (Å²) in [5.41, 5.74) is 27.9. The van der Waals surface area contributed by atoms with Crippen molar-refractivity contribution in [3.8, 4) is 0 Å². The lowest BCUT2D eigenvalue weighted by Gasteiger charge is -2.51. The Morgan fingerprint density at radius 3 is 1.43 bits per heavy atom. The van der Waals surface area contributed by atoms with Crippen LogP contribution in [0.25, 0.3) is 10.9 Å². The molecular weight excluding hydrogens is 1640 g/mol. The summed E-state index contributed by atoms with van der Waals surface area (Å²) in [6.45, 7) is 16.1. The van der Waals surface area contributed by atoms with Crippen molar-refractivity contribution in [2.75, 3.05) is 43.4 Å². The molecule has 121 heavy (non-hydrogen) atoms. The maximum atomic E-state index is 12.8. The van der Waals surface area contributed by atoms with E-state index >= 15 is 0 Å². The summed E-state index contributed by atoms with van der Waals surface area (Å²) in [6.07, 6.45) is 4.99. The quantitative estimate of drug-likeness (QED) is 0.0208. The number of anilines is 2. The highest BCUT2D eigenvalue weighted by Crippen LogP contribution is 2.45. The molecule has 8 heterocycles. The van der Waals surface area contributed by atoms with Gasteiger partial charge in [-0.15, -0.1) is 16.8 Å². The number of alkyl halides is 12. The van der Waals surface area contributed by atoms with Gasteiger partial charge in [0.1, 0.15) is 11.6 Å². The minimum Gasteiger partial charge on any atom is -0.480 e. The Morgan fingerprint density at radius 2 is 1.04 bits per heavy atom. The van der Waals surface area contributed by atoms with Gasteiger partial charge < -0.3 is 75.4 Å². The summed E-state index contributed by atoms with van der Waals surface area (Å²) >= 11 is 10.0. The molecule has 4 unspecified atom stereocenters. The topological polar surface area (TPSA) is 331 Å². The zero-order valence-electron chi connectivity index (χ0n) is 68.4. The normalized spacial score (nSPS) is 25.0. The maximum absolute atomic E-state index is 12.8. The number of hydrogen-bond acceptors (Lipinski definition) is 17. The largest absolute Gasteiger partial charge is 0.480 e. The number of pyridine rings is 1. The number of aliphatic carboxylic acids is 1. The monoisotopic (exact) mass is 1760 g/mol. The van der Waals surface area contributed by atoms with Gasteiger partial charge in [0.05, 0.1) is 33.8 Å². The molecule has 16 rings (SSSR count). The van der Waals surface area contributed by atoms with E-state index in [9.17, 15) is 57.5 Å². The second kappa shape index (κ2) is 44.7. The summed E-state index contributed by atoms with van der Waals surface area (Å²) < 4.78 is 161. The van der Waals surface area contributed by atoms with Crippen LogP contribution in [0.15, 0.2) is 146 Å². The van der Waals surface area contributed by atoms with Crippen molar-refractivity contribution < 1.29 is 67.0 Å². The van der Waals surface area contributed by atoms with Crippen LogP contribution in [0.4, 0.5) is 64.1 Å². The van der Waals surface area contributed by atoms with Gasteiger partial charge >= 0.3 is 30.7 Å². The molecule has 9 aliphatic rings. The van der Waals surface area contributed by atoms with Crippen LogP contribution in [0.1, 0.15) is 185 Å². The number of para-hydroxylation sites is 1. The van der Waals surface area contributed by atoms with Gasteiger partial charge in [-0.05, 0) is 237 Å². The van der Waals surface area contributed by atoms with Crippen LogP contribution in [0.2, 0.25) is 19.6 Å².